The number of hydrogen-bond acceptors (Lipinski definition) is 4. The number of nitriles is 1. The quantitative estimate of drug-likeness (QED) is 0.822. The van der Waals surface area contributed by atoms with Crippen LogP contribution in [0.4, 0.5) is 5.82 Å². The number of hydrogen-bond donors (Lipinski definition) is 1. The summed E-state index contributed by atoms with van der Waals surface area (Å²) < 4.78 is 0. The Morgan fingerprint density at radius 3 is 2.94 bits per heavy atom. The highest BCUT2D eigenvalue weighted by atomic mass is 16.3. The summed E-state index contributed by atoms with van der Waals surface area (Å²) in [6.45, 7) is 5.41. The minimum Gasteiger partial charge on any atom is -0.390 e. The molecule has 1 fully saturated rings. The molecule has 18 heavy (non-hydrogen) atoms. The van der Waals surface area contributed by atoms with Gasteiger partial charge in [-0.3, -0.25) is 0 Å². The van der Waals surface area contributed by atoms with Gasteiger partial charge in [-0.25, -0.2) is 4.98 Å². The van der Waals surface area contributed by atoms with Crippen molar-refractivity contribution >= 4 is 5.82 Å². The van der Waals surface area contributed by atoms with E-state index in [0.717, 1.165) is 37.3 Å². The van der Waals surface area contributed by atoms with Crippen LogP contribution in [0.25, 0.3) is 0 Å². The lowest BCUT2D eigenvalue weighted by Crippen LogP contribution is -2.29. The van der Waals surface area contributed by atoms with Gasteiger partial charge in [-0.1, -0.05) is 0 Å². The second-order valence-electron chi connectivity index (χ2n) is 5.28. The molecule has 1 aliphatic rings. The van der Waals surface area contributed by atoms with Gasteiger partial charge >= 0.3 is 0 Å². The molecule has 1 atom stereocenters. The second-order valence-corrected chi connectivity index (χ2v) is 5.28. The predicted octanol–water partition coefficient (Wildman–Crippen LogP) is 2.00. The van der Waals surface area contributed by atoms with Gasteiger partial charge in [0.25, 0.3) is 0 Å². The highest BCUT2D eigenvalue weighted by molar-refractivity contribution is 5.57. The van der Waals surface area contributed by atoms with E-state index in [1.807, 2.05) is 19.9 Å². The van der Waals surface area contributed by atoms with Crippen LogP contribution in [0.1, 0.15) is 37.3 Å². The average Bonchev–Trinajstić information content (AvgIpc) is 2.50. The Kier molecular flexibility index (Phi) is 3.53. The van der Waals surface area contributed by atoms with Crippen molar-refractivity contribution in [1.82, 2.24) is 4.98 Å². The Bertz CT molecular complexity index is 476. The van der Waals surface area contributed by atoms with Crippen LogP contribution in [0.3, 0.4) is 0 Å². The van der Waals surface area contributed by atoms with E-state index >= 15 is 0 Å². The van der Waals surface area contributed by atoms with Crippen LogP contribution in [0.5, 0.6) is 0 Å². The van der Waals surface area contributed by atoms with Crippen LogP contribution in [-0.2, 0) is 0 Å². The van der Waals surface area contributed by atoms with Gasteiger partial charge in [0.2, 0.25) is 0 Å². The third kappa shape index (κ3) is 2.62. The topological polar surface area (TPSA) is 60.1 Å². The third-order valence-electron chi connectivity index (χ3n) is 3.61. The number of aromatic nitrogens is 1. The molecule has 0 amide bonds. The van der Waals surface area contributed by atoms with E-state index in [0.29, 0.717) is 12.0 Å². The fourth-order valence-corrected chi connectivity index (χ4v) is 2.40. The molecule has 96 valence electrons. The van der Waals surface area contributed by atoms with Crippen LogP contribution in [0, 0.1) is 18.3 Å². The molecule has 0 aromatic carbocycles. The summed E-state index contributed by atoms with van der Waals surface area (Å²) in [5.74, 6) is 0.759. The zero-order valence-corrected chi connectivity index (χ0v) is 11.0. The van der Waals surface area contributed by atoms with Gasteiger partial charge < -0.3 is 10.0 Å². The lowest BCUT2D eigenvalue weighted by Gasteiger charge is -2.24. The summed E-state index contributed by atoms with van der Waals surface area (Å²) in [4.78, 5) is 6.46. The minimum atomic E-state index is -0.592. The SMILES string of the molecule is Cc1ccnc(N2CCCC(C)(O)CC2)c1C#N. The Balaban J connectivity index is 2.27. The molecule has 1 N–H and O–H groups in total. The second kappa shape index (κ2) is 4.95. The van der Waals surface area contributed by atoms with Crippen LogP contribution in [0.15, 0.2) is 12.3 Å². The summed E-state index contributed by atoms with van der Waals surface area (Å²) in [7, 11) is 0. The van der Waals surface area contributed by atoms with Gasteiger partial charge in [0.1, 0.15) is 11.9 Å². The molecule has 0 saturated carbocycles. The molecule has 1 aromatic heterocycles. The van der Waals surface area contributed by atoms with Gasteiger partial charge in [-0.15, -0.1) is 0 Å². The maximum absolute atomic E-state index is 10.1. The first-order valence-corrected chi connectivity index (χ1v) is 6.36. The molecule has 1 saturated heterocycles. The minimum absolute atomic E-state index is 0.592. The normalized spacial score (nSPS) is 24.4. The zero-order valence-electron chi connectivity index (χ0n) is 11.0. The van der Waals surface area contributed by atoms with Gasteiger partial charge in [0, 0.05) is 19.3 Å². The smallest absolute Gasteiger partial charge is 0.146 e. The van der Waals surface area contributed by atoms with Gasteiger partial charge in [-0.2, -0.15) is 5.26 Å². The van der Waals surface area contributed by atoms with Crippen molar-refractivity contribution in [2.45, 2.75) is 38.7 Å². The van der Waals surface area contributed by atoms with E-state index in [1.165, 1.54) is 0 Å². The highest BCUT2D eigenvalue weighted by Gasteiger charge is 2.26. The highest BCUT2D eigenvalue weighted by Crippen LogP contribution is 2.26. The molecule has 2 rings (SSSR count). The Labute approximate surface area is 108 Å². The summed E-state index contributed by atoms with van der Waals surface area (Å²) in [5.41, 5.74) is 1.02. The van der Waals surface area contributed by atoms with Crippen molar-refractivity contribution in [3.63, 3.8) is 0 Å². The van der Waals surface area contributed by atoms with Gasteiger partial charge in [-0.05, 0) is 44.7 Å². The maximum Gasteiger partial charge on any atom is 0.146 e. The lowest BCUT2D eigenvalue weighted by molar-refractivity contribution is 0.0481. The van der Waals surface area contributed by atoms with Crippen LogP contribution < -0.4 is 4.90 Å². The lowest BCUT2D eigenvalue weighted by atomic mass is 9.98. The molecular formula is C14H19N3O. The number of pyridine rings is 1. The Morgan fingerprint density at radius 1 is 1.44 bits per heavy atom. The molecule has 0 spiro atoms. The average molecular weight is 245 g/mol. The first-order chi connectivity index (χ1) is 8.53. The predicted molar refractivity (Wildman–Crippen MR) is 70.4 cm³/mol. The third-order valence-corrected chi connectivity index (χ3v) is 3.61. The summed E-state index contributed by atoms with van der Waals surface area (Å²) in [6, 6.07) is 4.09. The molecule has 0 radical (unpaired) electrons. The molecule has 1 unspecified atom stereocenters. The molecule has 0 bridgehead atoms. The van der Waals surface area contributed by atoms with Crippen molar-refractivity contribution in [3.8, 4) is 6.07 Å². The summed E-state index contributed by atoms with van der Waals surface area (Å²) >= 11 is 0. The fourth-order valence-electron chi connectivity index (χ4n) is 2.40. The molecule has 0 aliphatic carbocycles. The number of aliphatic hydroxyl groups is 1. The van der Waals surface area contributed by atoms with E-state index < -0.39 is 5.60 Å². The number of aryl methyl sites for hydroxylation is 1. The molecule has 4 nitrogen and oxygen atoms in total. The molecule has 4 heteroatoms. The first-order valence-electron chi connectivity index (χ1n) is 6.36. The van der Waals surface area contributed by atoms with E-state index in [2.05, 4.69) is 16.0 Å². The zero-order chi connectivity index (χ0) is 13.2. The van der Waals surface area contributed by atoms with E-state index in [4.69, 9.17) is 0 Å². The number of rotatable bonds is 1. The largest absolute Gasteiger partial charge is 0.390 e. The molecular weight excluding hydrogens is 226 g/mol. The monoisotopic (exact) mass is 245 g/mol. The van der Waals surface area contributed by atoms with Crippen LogP contribution in [-0.4, -0.2) is 28.8 Å². The van der Waals surface area contributed by atoms with Crippen LogP contribution in [0.2, 0.25) is 0 Å². The first kappa shape index (κ1) is 12.8. The van der Waals surface area contributed by atoms with Gasteiger partial charge in [0.15, 0.2) is 0 Å². The number of anilines is 1. The summed E-state index contributed by atoms with van der Waals surface area (Å²) in [6.07, 6.45) is 4.19. The van der Waals surface area contributed by atoms with E-state index in [9.17, 15) is 10.4 Å². The summed E-state index contributed by atoms with van der Waals surface area (Å²) in [5, 5.41) is 19.3. The van der Waals surface area contributed by atoms with Crippen molar-refractivity contribution in [2.75, 3.05) is 18.0 Å². The van der Waals surface area contributed by atoms with E-state index in [-0.39, 0.29) is 0 Å². The Hall–Kier alpha value is -1.60. The van der Waals surface area contributed by atoms with Crippen molar-refractivity contribution in [3.05, 3.63) is 23.4 Å². The van der Waals surface area contributed by atoms with Crippen LogP contribution >= 0.6 is 0 Å². The molecule has 1 aromatic rings. The van der Waals surface area contributed by atoms with Crippen molar-refractivity contribution in [2.24, 2.45) is 0 Å². The van der Waals surface area contributed by atoms with E-state index in [1.54, 1.807) is 6.20 Å². The number of nitrogens with zero attached hydrogens (tertiary/aromatic N) is 3. The standard InChI is InChI=1S/C14H19N3O/c1-11-4-7-16-13(12(11)10-15)17-8-3-5-14(2,18)6-9-17/h4,7,18H,3,5-6,8-9H2,1-2H3. The van der Waals surface area contributed by atoms with Crippen molar-refractivity contribution < 1.29 is 5.11 Å². The maximum atomic E-state index is 10.1. The van der Waals surface area contributed by atoms with Crippen molar-refractivity contribution in [1.29, 1.82) is 5.26 Å². The Morgan fingerprint density at radius 2 is 2.22 bits per heavy atom. The fraction of sp³-hybridized carbons (Fsp3) is 0.571. The molecule has 2 heterocycles. The van der Waals surface area contributed by atoms with Gasteiger partial charge in [0.05, 0.1) is 11.2 Å². The molecule has 1 aliphatic heterocycles.